The lowest BCUT2D eigenvalue weighted by atomic mass is 9.45. The highest BCUT2D eigenvalue weighted by atomic mass is 15.1. The molecule has 15 aromatic rings. The Hall–Kier alpha value is -12.1. The van der Waals surface area contributed by atoms with E-state index < -0.39 is 0 Å². The first-order chi connectivity index (χ1) is 51.4. The highest BCUT2D eigenvalue weighted by Crippen LogP contribution is 2.55. The van der Waals surface area contributed by atoms with E-state index in [1.807, 2.05) is 0 Å². The molecule has 3 aliphatic carbocycles. The zero-order chi connectivity index (χ0) is 70.7. The summed E-state index contributed by atoms with van der Waals surface area (Å²) in [6.45, 7) is 14.4. The van der Waals surface area contributed by atoms with Crippen molar-refractivity contribution in [3.05, 3.63) is 397 Å². The molecule has 0 aromatic heterocycles. The monoisotopic (exact) mass is 1340 g/mol. The van der Waals surface area contributed by atoms with Crippen LogP contribution in [-0.2, 0) is 16.2 Å². The zero-order valence-electron chi connectivity index (χ0n) is 60.2. The number of hydrogen-bond donors (Lipinski definition) is 0. The van der Waals surface area contributed by atoms with Crippen LogP contribution >= 0.6 is 0 Å². The standard InChI is InChI=1S/3C33H26BN/c1-33(2)29-19-11-9-17-25(29)27-22-31-28(21-30(27)33)26-18-10-12-20-32(26)35(24-15-7-4-8-16-24)34(31)23-13-5-3-6-14-23;1-33(2)29-19-11-9-17-25(29)27-22-32-28(21-30(27)33)26-18-10-12-20-31(26)34(23-13-5-3-6-14-23)35(32)24-15-7-4-8-16-24;1-33(2)29-17-9-6-14-25(29)28-22-23(20-21-30(28)33)34-31-18-10-7-15-26(31)27-16-8-11-19-32(27)35(34)24-12-4-3-5-13-24/h3*3-22H,1-2H3. The molecule has 0 spiro atoms. The molecule has 0 radical (unpaired) electrons. The van der Waals surface area contributed by atoms with Crippen molar-refractivity contribution in [1.29, 1.82) is 0 Å². The van der Waals surface area contributed by atoms with Gasteiger partial charge in [0.1, 0.15) is 0 Å². The van der Waals surface area contributed by atoms with E-state index in [-0.39, 0.29) is 36.8 Å². The van der Waals surface area contributed by atoms with Crippen molar-refractivity contribution in [2.75, 3.05) is 14.4 Å². The van der Waals surface area contributed by atoms with Crippen molar-refractivity contribution >= 4 is 87.4 Å². The highest BCUT2D eigenvalue weighted by Gasteiger charge is 2.45. The third kappa shape index (κ3) is 10.2. The van der Waals surface area contributed by atoms with Gasteiger partial charge in [0.05, 0.1) is 0 Å². The molecule has 498 valence electrons. The minimum atomic E-state index is -0.0241. The molecule has 3 nitrogen and oxygen atoms in total. The maximum Gasteiger partial charge on any atom is 0.328 e. The van der Waals surface area contributed by atoms with Crippen LogP contribution in [0.5, 0.6) is 0 Å². The lowest BCUT2D eigenvalue weighted by Crippen LogP contribution is -2.57. The molecule has 0 N–H and O–H groups in total. The molecule has 3 heterocycles. The Balaban J connectivity index is 0.000000108. The van der Waals surface area contributed by atoms with E-state index >= 15 is 0 Å². The van der Waals surface area contributed by atoms with Crippen LogP contribution in [0.2, 0.25) is 0 Å². The maximum absolute atomic E-state index is 2.54. The fourth-order valence-electron chi connectivity index (χ4n) is 18.8. The Morgan fingerprint density at radius 2 is 0.486 bits per heavy atom. The van der Waals surface area contributed by atoms with Gasteiger partial charge < -0.3 is 14.4 Å². The molecule has 21 rings (SSSR count). The minimum absolute atomic E-state index is 0.0145. The number of rotatable bonds is 6. The molecule has 0 amide bonds. The Morgan fingerprint density at radius 1 is 0.181 bits per heavy atom. The Labute approximate surface area is 619 Å². The lowest BCUT2D eigenvalue weighted by molar-refractivity contribution is 0.660. The summed E-state index contributed by atoms with van der Waals surface area (Å²) in [5, 5.41) is 0. The SMILES string of the molecule is CC1(C)c2ccccc2-c2cc(B3c4ccccc4-c4ccccc4N3c3ccccc3)ccc21.CC1(C)c2ccccc2-c2cc3c(cc21)-c1ccccc1B(c1ccccc1)N3c1ccccc1.CC1(C)c2ccccc2-c2cc3c(cc21)-c1ccccc1N(c1ccccc1)B3c1ccccc1. The van der Waals surface area contributed by atoms with Crippen molar-refractivity contribution in [2.45, 2.75) is 57.8 Å². The number of anilines is 6. The number of hydrogen-bond acceptors (Lipinski definition) is 3. The van der Waals surface area contributed by atoms with E-state index in [1.54, 1.807) is 0 Å². The average molecular weight is 1340 g/mol. The fourth-order valence-corrected chi connectivity index (χ4v) is 18.8. The molecule has 15 aromatic carbocycles. The summed E-state index contributed by atoms with van der Waals surface area (Å²) in [5.41, 5.74) is 40.0. The first-order valence-electron chi connectivity index (χ1n) is 37.2. The summed E-state index contributed by atoms with van der Waals surface area (Å²) in [7, 11) is 0. The maximum atomic E-state index is 2.54. The lowest BCUT2D eigenvalue weighted by Gasteiger charge is -2.39. The second-order valence-corrected chi connectivity index (χ2v) is 30.6. The molecular formula is C99H78B3N3. The van der Waals surface area contributed by atoms with E-state index in [1.165, 1.54) is 167 Å². The van der Waals surface area contributed by atoms with Crippen molar-refractivity contribution in [2.24, 2.45) is 0 Å². The topological polar surface area (TPSA) is 9.72 Å². The van der Waals surface area contributed by atoms with Gasteiger partial charge in [0, 0.05) is 67.1 Å². The largest absolute Gasteiger partial charge is 0.376 e. The van der Waals surface area contributed by atoms with E-state index in [0.29, 0.717) is 0 Å². The van der Waals surface area contributed by atoms with E-state index in [9.17, 15) is 0 Å². The van der Waals surface area contributed by atoms with Gasteiger partial charge in [0.15, 0.2) is 0 Å². The molecule has 3 aliphatic heterocycles. The molecule has 105 heavy (non-hydrogen) atoms. The number of nitrogens with zero attached hydrogens (tertiary/aromatic N) is 3. The third-order valence-electron chi connectivity index (χ3n) is 23.7. The molecule has 6 heteroatoms. The molecule has 0 unspecified atom stereocenters. The van der Waals surface area contributed by atoms with Gasteiger partial charge in [-0.05, 0) is 161 Å². The van der Waals surface area contributed by atoms with Crippen molar-refractivity contribution in [1.82, 2.24) is 0 Å². The average Bonchev–Trinajstić information content (AvgIpc) is 1.65. The molecule has 0 saturated carbocycles. The van der Waals surface area contributed by atoms with Gasteiger partial charge in [-0.2, -0.15) is 0 Å². The van der Waals surface area contributed by atoms with Gasteiger partial charge in [-0.3, -0.25) is 0 Å². The van der Waals surface area contributed by atoms with Gasteiger partial charge in [-0.1, -0.05) is 361 Å². The Kier molecular flexibility index (Phi) is 15.3. The van der Waals surface area contributed by atoms with Crippen LogP contribution in [0, 0.1) is 0 Å². The van der Waals surface area contributed by atoms with Gasteiger partial charge in [-0.15, -0.1) is 0 Å². The van der Waals surface area contributed by atoms with E-state index in [4.69, 9.17) is 0 Å². The predicted octanol–water partition coefficient (Wildman–Crippen LogP) is 20.8. The summed E-state index contributed by atoms with van der Waals surface area (Å²) < 4.78 is 0. The Morgan fingerprint density at radius 3 is 0.952 bits per heavy atom. The highest BCUT2D eigenvalue weighted by molar-refractivity contribution is 6.92. The fraction of sp³-hybridized carbons (Fsp3) is 0.0909. The first-order valence-corrected chi connectivity index (χ1v) is 37.2. The van der Waals surface area contributed by atoms with Crippen LogP contribution in [-0.4, -0.2) is 20.5 Å². The summed E-state index contributed by atoms with van der Waals surface area (Å²) in [4.78, 5) is 7.58. The molecule has 6 aliphatic rings. The number of fused-ring (bicyclic) bond motifs is 18. The van der Waals surface area contributed by atoms with Crippen LogP contribution in [0.15, 0.2) is 364 Å². The quantitative estimate of drug-likeness (QED) is 0.154. The molecule has 0 bridgehead atoms. The second-order valence-electron chi connectivity index (χ2n) is 30.6. The first kappa shape index (κ1) is 63.8. The summed E-state index contributed by atoms with van der Waals surface area (Å²) in [6.07, 6.45) is 0. The normalized spacial score (nSPS) is 14.7. The molecule has 0 atom stereocenters. The van der Waals surface area contributed by atoms with E-state index in [2.05, 4.69) is 420 Å². The molecule has 0 saturated heterocycles. The van der Waals surface area contributed by atoms with Crippen LogP contribution in [0.1, 0.15) is 74.9 Å². The number of para-hydroxylation sites is 5. The summed E-state index contributed by atoms with van der Waals surface area (Å²) in [5.74, 6) is 0. The zero-order valence-corrected chi connectivity index (χ0v) is 60.2. The van der Waals surface area contributed by atoms with Gasteiger partial charge in [0.2, 0.25) is 0 Å². The number of benzene rings is 15. The van der Waals surface area contributed by atoms with Crippen molar-refractivity contribution < 1.29 is 0 Å². The molecular weight excluding hydrogens is 1260 g/mol. The van der Waals surface area contributed by atoms with Gasteiger partial charge in [0.25, 0.3) is 0 Å². The van der Waals surface area contributed by atoms with Gasteiger partial charge >= 0.3 is 20.5 Å². The van der Waals surface area contributed by atoms with Gasteiger partial charge in [-0.25, -0.2) is 0 Å². The smallest absolute Gasteiger partial charge is 0.328 e. The van der Waals surface area contributed by atoms with Crippen LogP contribution in [0.25, 0.3) is 66.8 Å². The minimum Gasteiger partial charge on any atom is -0.376 e. The van der Waals surface area contributed by atoms with Crippen molar-refractivity contribution in [3.8, 4) is 66.8 Å². The van der Waals surface area contributed by atoms with Crippen LogP contribution in [0.3, 0.4) is 0 Å². The third-order valence-corrected chi connectivity index (χ3v) is 23.7. The second kappa shape index (κ2) is 25.1. The van der Waals surface area contributed by atoms with Crippen molar-refractivity contribution in [3.63, 3.8) is 0 Å². The van der Waals surface area contributed by atoms with Crippen LogP contribution < -0.4 is 47.2 Å². The molecule has 0 fully saturated rings. The Bertz CT molecular complexity index is 5580. The van der Waals surface area contributed by atoms with Crippen LogP contribution in [0.4, 0.5) is 34.1 Å². The summed E-state index contributed by atoms with van der Waals surface area (Å²) in [6, 6.07) is 134. The summed E-state index contributed by atoms with van der Waals surface area (Å²) >= 11 is 0. The van der Waals surface area contributed by atoms with E-state index in [0.717, 1.165) is 0 Å². The predicted molar refractivity (Wildman–Crippen MR) is 448 cm³/mol.